The molecule has 24 heavy (non-hydrogen) atoms. The quantitative estimate of drug-likeness (QED) is 0.742. The summed E-state index contributed by atoms with van der Waals surface area (Å²) in [5.74, 6) is 0.771. The fraction of sp³-hybridized carbons (Fsp3) is 1.00. The highest BCUT2D eigenvalue weighted by Crippen LogP contribution is 2.32. The Morgan fingerprint density at radius 2 is 1.83 bits per heavy atom. The van der Waals surface area contributed by atoms with Crippen molar-refractivity contribution in [2.24, 2.45) is 11.8 Å². The highest BCUT2D eigenvalue weighted by Gasteiger charge is 2.37. The van der Waals surface area contributed by atoms with Crippen molar-refractivity contribution < 1.29 is 14.6 Å². The molecular weight excluding hydrogens is 304 g/mol. The van der Waals surface area contributed by atoms with Gasteiger partial charge >= 0.3 is 0 Å². The number of nitrogens with zero attached hydrogens (tertiary/aromatic N) is 1. The Kier molecular flexibility index (Phi) is 7.35. The summed E-state index contributed by atoms with van der Waals surface area (Å²) < 4.78 is 11.7. The third-order valence-corrected chi connectivity index (χ3v) is 6.28. The topological polar surface area (TPSA) is 54.0 Å². The van der Waals surface area contributed by atoms with Crippen LogP contribution in [0.5, 0.6) is 0 Å². The summed E-state index contributed by atoms with van der Waals surface area (Å²) >= 11 is 0. The van der Waals surface area contributed by atoms with Crippen LogP contribution < -0.4 is 5.32 Å². The highest BCUT2D eigenvalue weighted by atomic mass is 16.5. The summed E-state index contributed by atoms with van der Waals surface area (Å²) in [5, 5.41) is 14.3. The lowest BCUT2D eigenvalue weighted by Crippen LogP contribution is -2.54. The first-order valence-electron chi connectivity index (χ1n) is 10.1. The predicted octanol–water partition coefficient (Wildman–Crippen LogP) is 1.99. The van der Waals surface area contributed by atoms with Crippen LogP contribution in [-0.4, -0.2) is 68.3 Å². The first kappa shape index (κ1) is 18.6. The van der Waals surface area contributed by atoms with Crippen LogP contribution in [0, 0.1) is 11.8 Å². The first-order valence-corrected chi connectivity index (χ1v) is 10.1. The zero-order valence-corrected chi connectivity index (χ0v) is 15.3. The summed E-state index contributed by atoms with van der Waals surface area (Å²) in [6, 6.07) is 0. The summed E-state index contributed by atoms with van der Waals surface area (Å²) in [6.07, 6.45) is 9.61. The Morgan fingerprint density at radius 3 is 2.54 bits per heavy atom. The van der Waals surface area contributed by atoms with Crippen LogP contribution in [0.4, 0.5) is 0 Å². The van der Waals surface area contributed by atoms with Gasteiger partial charge in [0.2, 0.25) is 0 Å². The second-order valence-electron chi connectivity index (χ2n) is 7.91. The summed E-state index contributed by atoms with van der Waals surface area (Å²) in [5.41, 5.74) is 0. The van der Waals surface area contributed by atoms with Crippen molar-refractivity contribution in [2.75, 3.05) is 39.9 Å². The van der Waals surface area contributed by atoms with E-state index in [1.165, 1.54) is 58.0 Å². The zero-order valence-electron chi connectivity index (χ0n) is 15.3. The number of hydrogen-bond acceptors (Lipinski definition) is 5. The number of likely N-dealkylation sites (tertiary alicyclic amines) is 1. The molecule has 140 valence electrons. The molecule has 0 aromatic rings. The van der Waals surface area contributed by atoms with Crippen molar-refractivity contribution in [3.63, 3.8) is 0 Å². The molecule has 2 aliphatic heterocycles. The molecule has 0 bridgehead atoms. The van der Waals surface area contributed by atoms with Gasteiger partial charge in [-0.15, -0.1) is 0 Å². The van der Waals surface area contributed by atoms with Gasteiger partial charge in [-0.1, -0.05) is 19.3 Å². The van der Waals surface area contributed by atoms with Gasteiger partial charge in [0.15, 0.2) is 0 Å². The van der Waals surface area contributed by atoms with E-state index < -0.39 is 0 Å². The van der Waals surface area contributed by atoms with Gasteiger partial charge in [-0.2, -0.15) is 0 Å². The monoisotopic (exact) mass is 340 g/mol. The van der Waals surface area contributed by atoms with E-state index in [0.29, 0.717) is 5.92 Å². The minimum absolute atomic E-state index is 0.0348. The lowest BCUT2D eigenvalue weighted by atomic mass is 9.77. The Morgan fingerprint density at radius 1 is 1.08 bits per heavy atom. The number of rotatable bonds is 7. The predicted molar refractivity (Wildman–Crippen MR) is 94.9 cm³/mol. The fourth-order valence-corrected chi connectivity index (χ4v) is 4.73. The molecule has 5 nitrogen and oxygen atoms in total. The van der Waals surface area contributed by atoms with Crippen LogP contribution in [0.25, 0.3) is 0 Å². The SMILES string of the molecule is COC1CC(C(O)C2CCCCC2)CNC1OCCN1CCCC1. The average Bonchev–Trinajstić information content (AvgIpc) is 3.15. The number of hydrogen-bond donors (Lipinski definition) is 2. The van der Waals surface area contributed by atoms with E-state index in [1.54, 1.807) is 7.11 Å². The number of aliphatic hydroxyl groups is 1. The van der Waals surface area contributed by atoms with Crippen LogP contribution in [0.3, 0.4) is 0 Å². The average molecular weight is 341 g/mol. The number of aliphatic hydroxyl groups excluding tert-OH is 1. The third-order valence-electron chi connectivity index (χ3n) is 6.28. The minimum atomic E-state index is -0.194. The molecule has 2 saturated heterocycles. The molecule has 2 N–H and O–H groups in total. The maximum absolute atomic E-state index is 10.8. The molecule has 0 amide bonds. The molecule has 1 aliphatic carbocycles. The Labute approximate surface area is 147 Å². The van der Waals surface area contributed by atoms with E-state index in [9.17, 15) is 5.11 Å². The molecule has 4 atom stereocenters. The van der Waals surface area contributed by atoms with E-state index >= 15 is 0 Å². The standard InChI is InChI=1S/C19H36N2O3/c1-23-17-13-16(18(22)15-7-3-2-4-8-15)14-20-19(17)24-12-11-21-9-5-6-10-21/h15-20,22H,2-14H2,1H3. The van der Waals surface area contributed by atoms with Crippen LogP contribution in [0.1, 0.15) is 51.4 Å². The van der Waals surface area contributed by atoms with Gasteiger partial charge < -0.3 is 19.5 Å². The second kappa shape index (κ2) is 9.48. The number of ether oxygens (including phenoxy) is 2. The smallest absolute Gasteiger partial charge is 0.134 e. The number of methoxy groups -OCH3 is 1. The van der Waals surface area contributed by atoms with Gasteiger partial charge in [-0.25, -0.2) is 0 Å². The van der Waals surface area contributed by atoms with Crippen molar-refractivity contribution >= 4 is 0 Å². The maximum atomic E-state index is 10.8. The molecule has 2 heterocycles. The Bertz CT molecular complexity index is 357. The van der Waals surface area contributed by atoms with Crippen LogP contribution in [-0.2, 0) is 9.47 Å². The third kappa shape index (κ3) is 4.92. The Hall–Kier alpha value is -0.200. The van der Waals surface area contributed by atoms with Gasteiger partial charge in [0, 0.05) is 26.1 Å². The van der Waals surface area contributed by atoms with Crippen molar-refractivity contribution in [2.45, 2.75) is 69.8 Å². The fourth-order valence-electron chi connectivity index (χ4n) is 4.73. The molecule has 0 aromatic heterocycles. The highest BCUT2D eigenvalue weighted by molar-refractivity contribution is 4.88. The van der Waals surface area contributed by atoms with Gasteiger partial charge in [-0.05, 0) is 51.1 Å². The molecule has 1 saturated carbocycles. The normalized spacial score (nSPS) is 34.5. The summed E-state index contributed by atoms with van der Waals surface area (Å²) in [4.78, 5) is 2.47. The Balaban J connectivity index is 1.42. The van der Waals surface area contributed by atoms with Crippen LogP contribution in [0.15, 0.2) is 0 Å². The molecule has 5 heteroatoms. The van der Waals surface area contributed by atoms with E-state index in [1.807, 2.05) is 0 Å². The lowest BCUT2D eigenvalue weighted by molar-refractivity contribution is -0.117. The van der Waals surface area contributed by atoms with Crippen LogP contribution in [0.2, 0.25) is 0 Å². The van der Waals surface area contributed by atoms with Crippen molar-refractivity contribution in [1.82, 2.24) is 10.2 Å². The second-order valence-corrected chi connectivity index (χ2v) is 7.91. The zero-order chi connectivity index (χ0) is 16.8. The number of piperidine rings is 1. The molecule has 3 aliphatic rings. The molecule has 0 spiro atoms. The van der Waals surface area contributed by atoms with Crippen molar-refractivity contribution in [3.05, 3.63) is 0 Å². The molecule has 0 aromatic carbocycles. The largest absolute Gasteiger partial charge is 0.393 e. The van der Waals surface area contributed by atoms with Gasteiger partial charge in [-0.3, -0.25) is 5.32 Å². The first-order chi connectivity index (χ1) is 11.8. The number of nitrogens with one attached hydrogen (secondary N) is 1. The molecule has 3 fully saturated rings. The maximum Gasteiger partial charge on any atom is 0.134 e. The van der Waals surface area contributed by atoms with Gasteiger partial charge in [0.1, 0.15) is 6.23 Å². The van der Waals surface area contributed by atoms with Gasteiger partial charge in [0.25, 0.3) is 0 Å². The molecule has 3 rings (SSSR count). The van der Waals surface area contributed by atoms with E-state index in [-0.39, 0.29) is 24.4 Å². The summed E-state index contributed by atoms with van der Waals surface area (Å²) in [6.45, 7) is 5.04. The van der Waals surface area contributed by atoms with Crippen molar-refractivity contribution in [3.8, 4) is 0 Å². The molecular formula is C19H36N2O3. The summed E-state index contributed by atoms with van der Waals surface area (Å²) in [7, 11) is 1.76. The van der Waals surface area contributed by atoms with E-state index in [0.717, 1.165) is 26.1 Å². The minimum Gasteiger partial charge on any atom is -0.393 e. The molecule has 0 radical (unpaired) electrons. The van der Waals surface area contributed by atoms with E-state index in [4.69, 9.17) is 9.47 Å². The van der Waals surface area contributed by atoms with Crippen molar-refractivity contribution in [1.29, 1.82) is 0 Å². The van der Waals surface area contributed by atoms with E-state index in [2.05, 4.69) is 10.2 Å². The van der Waals surface area contributed by atoms with Crippen LogP contribution >= 0.6 is 0 Å². The lowest BCUT2D eigenvalue weighted by Gasteiger charge is -2.40. The molecule has 4 unspecified atom stereocenters. The van der Waals surface area contributed by atoms with Gasteiger partial charge in [0.05, 0.1) is 18.8 Å².